The molecule has 1 N–H and O–H groups in total. The summed E-state index contributed by atoms with van der Waals surface area (Å²) in [5, 5.41) is 3.61. The van der Waals surface area contributed by atoms with Gasteiger partial charge in [0.05, 0.1) is 5.69 Å². The number of aryl methyl sites for hydroxylation is 1. The Hall–Kier alpha value is -2.13. The van der Waals surface area contributed by atoms with Crippen molar-refractivity contribution in [2.75, 3.05) is 25.0 Å². The van der Waals surface area contributed by atoms with Crippen LogP contribution in [0.15, 0.2) is 42.6 Å². The van der Waals surface area contributed by atoms with Crippen molar-refractivity contribution in [1.82, 2.24) is 9.88 Å². The second-order valence-corrected chi connectivity index (χ2v) is 6.93. The molecule has 0 fully saturated rings. The maximum atomic E-state index is 4.45. The number of rotatable bonds is 10. The highest BCUT2D eigenvalue weighted by Gasteiger charge is 2.05. The predicted molar refractivity (Wildman–Crippen MR) is 114 cm³/mol. The molecular weight excluding hydrogens is 318 g/mol. The van der Waals surface area contributed by atoms with E-state index in [0.29, 0.717) is 6.04 Å². The molecule has 140 valence electrons. The lowest BCUT2D eigenvalue weighted by molar-refractivity contribution is 0.295. The molecule has 2 aromatic rings. The molecule has 3 nitrogen and oxygen atoms in total. The number of hydrogen-bond donors (Lipinski definition) is 1. The summed E-state index contributed by atoms with van der Waals surface area (Å²) in [6, 6.07) is 13.1. The number of aromatic nitrogens is 1. The molecule has 2 rings (SSSR count). The average Bonchev–Trinajstić information content (AvgIpc) is 2.65. The molecule has 1 heterocycles. The van der Waals surface area contributed by atoms with Crippen molar-refractivity contribution < 1.29 is 0 Å². The first-order valence-electron chi connectivity index (χ1n) is 9.80. The summed E-state index contributed by atoms with van der Waals surface area (Å²) < 4.78 is 0. The van der Waals surface area contributed by atoms with Crippen LogP contribution in [0.4, 0.5) is 5.69 Å². The van der Waals surface area contributed by atoms with E-state index in [4.69, 9.17) is 0 Å². The molecule has 0 saturated carbocycles. The van der Waals surface area contributed by atoms with Crippen LogP contribution in [0.2, 0.25) is 0 Å². The van der Waals surface area contributed by atoms with E-state index >= 15 is 0 Å². The number of hydrogen-bond acceptors (Lipinski definition) is 3. The normalized spacial score (nSPS) is 12.7. The van der Waals surface area contributed by atoms with Crippen LogP contribution in [-0.2, 0) is 0 Å². The second-order valence-electron chi connectivity index (χ2n) is 6.93. The van der Waals surface area contributed by atoms with Gasteiger partial charge in [0.15, 0.2) is 0 Å². The van der Waals surface area contributed by atoms with Crippen molar-refractivity contribution >= 4 is 17.8 Å². The fraction of sp³-hybridized carbons (Fsp3) is 0.435. The van der Waals surface area contributed by atoms with Crippen LogP contribution >= 0.6 is 0 Å². The van der Waals surface area contributed by atoms with Gasteiger partial charge in [0, 0.05) is 17.9 Å². The molecule has 0 saturated heterocycles. The summed E-state index contributed by atoms with van der Waals surface area (Å²) in [5.41, 5.74) is 4.59. The van der Waals surface area contributed by atoms with E-state index in [9.17, 15) is 0 Å². The minimum atomic E-state index is 0.460. The van der Waals surface area contributed by atoms with Crippen LogP contribution in [0.1, 0.15) is 50.4 Å². The van der Waals surface area contributed by atoms with Crippen LogP contribution in [0.25, 0.3) is 12.2 Å². The standard InChI is InChI=1S/C23H33N3/c1-5-26(6-2)17-7-8-20(4)25-23-15-16-24-22(18-23)14-13-21-11-9-19(3)10-12-21/h9-16,18,20H,5-8,17H2,1-4H3,(H,24,25)/b14-13+. The molecule has 0 spiro atoms. The number of nitrogens with zero attached hydrogens (tertiary/aromatic N) is 2. The summed E-state index contributed by atoms with van der Waals surface area (Å²) in [7, 11) is 0. The molecule has 0 bridgehead atoms. The van der Waals surface area contributed by atoms with E-state index in [-0.39, 0.29) is 0 Å². The molecule has 1 atom stereocenters. The Morgan fingerprint density at radius 1 is 1.08 bits per heavy atom. The highest BCUT2D eigenvalue weighted by Crippen LogP contribution is 2.14. The smallest absolute Gasteiger partial charge is 0.0650 e. The van der Waals surface area contributed by atoms with Crippen LogP contribution in [0.3, 0.4) is 0 Å². The van der Waals surface area contributed by atoms with Gasteiger partial charge in [-0.15, -0.1) is 0 Å². The third kappa shape index (κ3) is 7.01. The Morgan fingerprint density at radius 2 is 1.81 bits per heavy atom. The SMILES string of the molecule is CCN(CC)CCCC(C)Nc1ccnc(/C=C/c2ccc(C)cc2)c1. The number of anilines is 1. The lowest BCUT2D eigenvalue weighted by atomic mass is 10.1. The molecule has 0 aliphatic rings. The lowest BCUT2D eigenvalue weighted by Gasteiger charge is -2.20. The van der Waals surface area contributed by atoms with Gasteiger partial charge >= 0.3 is 0 Å². The molecule has 0 aliphatic heterocycles. The Kier molecular flexibility index (Phi) is 8.36. The molecule has 0 amide bonds. The number of benzene rings is 1. The molecule has 0 radical (unpaired) electrons. The van der Waals surface area contributed by atoms with Crippen molar-refractivity contribution in [3.05, 3.63) is 59.4 Å². The van der Waals surface area contributed by atoms with Gasteiger partial charge in [-0.05, 0) is 70.1 Å². The van der Waals surface area contributed by atoms with Crippen molar-refractivity contribution in [2.24, 2.45) is 0 Å². The van der Waals surface area contributed by atoms with E-state index in [1.165, 1.54) is 30.5 Å². The summed E-state index contributed by atoms with van der Waals surface area (Å²) in [4.78, 5) is 6.93. The zero-order chi connectivity index (χ0) is 18.8. The van der Waals surface area contributed by atoms with E-state index in [0.717, 1.165) is 24.5 Å². The molecule has 3 heteroatoms. The topological polar surface area (TPSA) is 28.2 Å². The number of nitrogens with one attached hydrogen (secondary N) is 1. The Labute approximate surface area is 159 Å². The Morgan fingerprint density at radius 3 is 2.50 bits per heavy atom. The quantitative estimate of drug-likeness (QED) is 0.614. The summed E-state index contributed by atoms with van der Waals surface area (Å²) in [6.07, 6.45) is 8.45. The molecule has 1 aromatic heterocycles. The molecular formula is C23H33N3. The third-order valence-electron chi connectivity index (χ3n) is 4.72. The van der Waals surface area contributed by atoms with Gasteiger partial charge in [0.2, 0.25) is 0 Å². The van der Waals surface area contributed by atoms with Crippen molar-refractivity contribution in [3.8, 4) is 0 Å². The van der Waals surface area contributed by atoms with Gasteiger partial charge in [-0.2, -0.15) is 0 Å². The van der Waals surface area contributed by atoms with Gasteiger partial charge in [-0.1, -0.05) is 49.8 Å². The highest BCUT2D eigenvalue weighted by molar-refractivity contribution is 5.69. The first-order valence-corrected chi connectivity index (χ1v) is 9.80. The maximum absolute atomic E-state index is 4.45. The van der Waals surface area contributed by atoms with E-state index < -0.39 is 0 Å². The predicted octanol–water partition coefficient (Wildman–Crippen LogP) is 5.48. The third-order valence-corrected chi connectivity index (χ3v) is 4.72. The molecule has 1 aromatic carbocycles. The summed E-state index contributed by atoms with van der Waals surface area (Å²) >= 11 is 0. The molecule has 1 unspecified atom stereocenters. The van der Waals surface area contributed by atoms with Crippen molar-refractivity contribution in [3.63, 3.8) is 0 Å². The first kappa shape index (κ1) is 20.2. The van der Waals surface area contributed by atoms with Gasteiger partial charge in [0.25, 0.3) is 0 Å². The number of pyridine rings is 1. The van der Waals surface area contributed by atoms with Crippen LogP contribution in [0, 0.1) is 6.92 Å². The minimum absolute atomic E-state index is 0.460. The zero-order valence-electron chi connectivity index (χ0n) is 16.7. The Balaban J connectivity index is 1.86. The Bertz CT molecular complexity index is 672. The van der Waals surface area contributed by atoms with Crippen LogP contribution in [0.5, 0.6) is 0 Å². The van der Waals surface area contributed by atoms with Gasteiger partial charge in [0.1, 0.15) is 0 Å². The van der Waals surface area contributed by atoms with E-state index in [2.05, 4.69) is 85.4 Å². The highest BCUT2D eigenvalue weighted by atomic mass is 15.1. The largest absolute Gasteiger partial charge is 0.382 e. The summed E-state index contributed by atoms with van der Waals surface area (Å²) in [5.74, 6) is 0. The first-order chi connectivity index (χ1) is 12.6. The fourth-order valence-corrected chi connectivity index (χ4v) is 3.01. The minimum Gasteiger partial charge on any atom is -0.382 e. The van der Waals surface area contributed by atoms with Gasteiger partial charge < -0.3 is 10.2 Å². The van der Waals surface area contributed by atoms with E-state index in [1.807, 2.05) is 12.3 Å². The summed E-state index contributed by atoms with van der Waals surface area (Å²) in [6.45, 7) is 12.3. The monoisotopic (exact) mass is 351 g/mol. The van der Waals surface area contributed by atoms with Crippen LogP contribution < -0.4 is 5.32 Å². The van der Waals surface area contributed by atoms with Gasteiger partial charge in [-0.3, -0.25) is 4.98 Å². The molecule has 26 heavy (non-hydrogen) atoms. The van der Waals surface area contributed by atoms with Crippen molar-refractivity contribution in [1.29, 1.82) is 0 Å². The fourth-order valence-electron chi connectivity index (χ4n) is 3.01. The van der Waals surface area contributed by atoms with Gasteiger partial charge in [-0.25, -0.2) is 0 Å². The second kappa shape index (κ2) is 10.8. The van der Waals surface area contributed by atoms with E-state index in [1.54, 1.807) is 0 Å². The average molecular weight is 352 g/mol. The zero-order valence-corrected chi connectivity index (χ0v) is 16.7. The van der Waals surface area contributed by atoms with Crippen LogP contribution in [-0.4, -0.2) is 35.6 Å². The maximum Gasteiger partial charge on any atom is 0.0650 e. The van der Waals surface area contributed by atoms with Crippen molar-refractivity contribution in [2.45, 2.75) is 46.6 Å². The lowest BCUT2D eigenvalue weighted by Crippen LogP contribution is -2.25. The molecule has 0 aliphatic carbocycles.